The van der Waals surface area contributed by atoms with Gasteiger partial charge in [0.2, 0.25) is 11.8 Å². The third-order valence-corrected chi connectivity index (χ3v) is 5.04. The lowest BCUT2D eigenvalue weighted by Crippen LogP contribution is -2.48. The van der Waals surface area contributed by atoms with Gasteiger partial charge in [0.15, 0.2) is 0 Å². The van der Waals surface area contributed by atoms with Crippen LogP contribution in [0.5, 0.6) is 0 Å². The lowest BCUT2D eigenvalue weighted by atomic mass is 10.0. The molecule has 0 bridgehead atoms. The molecule has 27 heavy (non-hydrogen) atoms. The SMILES string of the molecule is Cc1ccc2c(CC(=O)NNC(=O)CN3CCCCCC3=O)coc2c1C. The van der Waals surface area contributed by atoms with Crippen LogP contribution in [0.25, 0.3) is 11.0 Å². The Labute approximate surface area is 158 Å². The van der Waals surface area contributed by atoms with Crippen LogP contribution >= 0.6 is 0 Å². The highest BCUT2D eigenvalue weighted by Gasteiger charge is 2.19. The number of carbonyl (C=O) groups is 3. The molecule has 0 atom stereocenters. The lowest BCUT2D eigenvalue weighted by Gasteiger charge is -2.19. The van der Waals surface area contributed by atoms with Crippen LogP contribution in [0.3, 0.4) is 0 Å². The van der Waals surface area contributed by atoms with Crippen molar-refractivity contribution in [1.29, 1.82) is 0 Å². The number of nitrogens with zero attached hydrogens (tertiary/aromatic N) is 1. The van der Waals surface area contributed by atoms with E-state index in [1.807, 2.05) is 26.0 Å². The highest BCUT2D eigenvalue weighted by atomic mass is 16.3. The van der Waals surface area contributed by atoms with Crippen LogP contribution in [0, 0.1) is 13.8 Å². The van der Waals surface area contributed by atoms with Gasteiger partial charge in [-0.3, -0.25) is 25.2 Å². The molecule has 1 aliphatic heterocycles. The van der Waals surface area contributed by atoms with Crippen LogP contribution in [-0.4, -0.2) is 35.7 Å². The summed E-state index contributed by atoms with van der Waals surface area (Å²) in [5.74, 6) is -0.752. The second kappa shape index (κ2) is 8.24. The summed E-state index contributed by atoms with van der Waals surface area (Å²) in [7, 11) is 0. The average molecular weight is 371 g/mol. The van der Waals surface area contributed by atoms with Gasteiger partial charge < -0.3 is 9.32 Å². The zero-order valence-electron chi connectivity index (χ0n) is 15.8. The van der Waals surface area contributed by atoms with E-state index in [1.54, 1.807) is 11.2 Å². The molecule has 3 rings (SSSR count). The van der Waals surface area contributed by atoms with Crippen molar-refractivity contribution in [2.45, 2.75) is 46.0 Å². The summed E-state index contributed by atoms with van der Waals surface area (Å²) in [6.07, 6.45) is 4.92. The zero-order valence-corrected chi connectivity index (χ0v) is 15.8. The van der Waals surface area contributed by atoms with Crippen molar-refractivity contribution >= 4 is 28.7 Å². The van der Waals surface area contributed by atoms with Crippen molar-refractivity contribution in [2.75, 3.05) is 13.1 Å². The summed E-state index contributed by atoms with van der Waals surface area (Å²) in [4.78, 5) is 37.7. The Morgan fingerprint density at radius 3 is 2.70 bits per heavy atom. The fraction of sp³-hybridized carbons (Fsp3) is 0.450. The van der Waals surface area contributed by atoms with E-state index in [4.69, 9.17) is 4.42 Å². The van der Waals surface area contributed by atoms with E-state index < -0.39 is 5.91 Å². The first-order valence-corrected chi connectivity index (χ1v) is 9.27. The molecule has 2 heterocycles. The Morgan fingerprint density at radius 2 is 1.89 bits per heavy atom. The Balaban J connectivity index is 1.53. The third kappa shape index (κ3) is 4.48. The number of hydrogen-bond acceptors (Lipinski definition) is 4. The number of aryl methyl sites for hydroxylation is 2. The van der Waals surface area contributed by atoms with Crippen LogP contribution in [0.4, 0.5) is 0 Å². The first-order valence-electron chi connectivity index (χ1n) is 9.27. The summed E-state index contributed by atoms with van der Waals surface area (Å²) in [6.45, 7) is 4.54. The molecule has 1 aliphatic rings. The van der Waals surface area contributed by atoms with E-state index in [0.717, 1.165) is 46.9 Å². The lowest BCUT2D eigenvalue weighted by molar-refractivity contribution is -0.136. The van der Waals surface area contributed by atoms with Crippen molar-refractivity contribution in [1.82, 2.24) is 15.8 Å². The van der Waals surface area contributed by atoms with E-state index in [9.17, 15) is 14.4 Å². The number of rotatable bonds is 4. The summed E-state index contributed by atoms with van der Waals surface area (Å²) in [6, 6.07) is 3.93. The van der Waals surface area contributed by atoms with E-state index in [2.05, 4.69) is 10.9 Å². The molecule has 0 spiro atoms. The van der Waals surface area contributed by atoms with Gasteiger partial charge in [-0.1, -0.05) is 18.6 Å². The van der Waals surface area contributed by atoms with Gasteiger partial charge in [0.1, 0.15) is 12.1 Å². The maximum Gasteiger partial charge on any atom is 0.257 e. The quantitative estimate of drug-likeness (QED) is 0.806. The molecule has 3 amide bonds. The second-order valence-corrected chi connectivity index (χ2v) is 7.04. The van der Waals surface area contributed by atoms with Crippen LogP contribution in [-0.2, 0) is 20.8 Å². The molecular formula is C20H25N3O4. The van der Waals surface area contributed by atoms with Crippen molar-refractivity contribution in [3.63, 3.8) is 0 Å². The Bertz CT molecular complexity index is 871. The van der Waals surface area contributed by atoms with Crippen molar-refractivity contribution < 1.29 is 18.8 Å². The minimum absolute atomic E-state index is 0.00972. The first-order chi connectivity index (χ1) is 13.0. The number of hydrazine groups is 1. The number of amides is 3. The number of carbonyl (C=O) groups excluding carboxylic acids is 3. The molecule has 0 aliphatic carbocycles. The first kappa shape index (κ1) is 18.9. The fourth-order valence-electron chi connectivity index (χ4n) is 3.30. The summed E-state index contributed by atoms with van der Waals surface area (Å²) < 4.78 is 5.60. The maximum absolute atomic E-state index is 12.2. The van der Waals surface area contributed by atoms with E-state index >= 15 is 0 Å². The van der Waals surface area contributed by atoms with Gasteiger partial charge in [-0.2, -0.15) is 0 Å². The van der Waals surface area contributed by atoms with Crippen LogP contribution < -0.4 is 10.9 Å². The molecule has 144 valence electrons. The van der Waals surface area contributed by atoms with Gasteiger partial charge in [-0.15, -0.1) is 0 Å². The molecule has 7 nitrogen and oxygen atoms in total. The Morgan fingerprint density at radius 1 is 1.11 bits per heavy atom. The number of benzene rings is 1. The molecular weight excluding hydrogens is 346 g/mol. The fourth-order valence-corrected chi connectivity index (χ4v) is 3.30. The topological polar surface area (TPSA) is 91.7 Å². The van der Waals surface area contributed by atoms with Gasteiger partial charge >= 0.3 is 0 Å². The van der Waals surface area contributed by atoms with Crippen LogP contribution in [0.1, 0.15) is 42.4 Å². The van der Waals surface area contributed by atoms with Crippen molar-refractivity contribution in [2.24, 2.45) is 0 Å². The van der Waals surface area contributed by atoms with Gasteiger partial charge in [0.05, 0.1) is 12.7 Å². The third-order valence-electron chi connectivity index (χ3n) is 5.04. The van der Waals surface area contributed by atoms with Crippen LogP contribution in [0.15, 0.2) is 22.8 Å². The summed E-state index contributed by atoms with van der Waals surface area (Å²) in [5, 5.41) is 0.898. The number of likely N-dealkylation sites (tertiary alicyclic amines) is 1. The molecule has 1 saturated heterocycles. The number of hydrogen-bond donors (Lipinski definition) is 2. The highest BCUT2D eigenvalue weighted by molar-refractivity contribution is 5.91. The molecule has 1 aromatic heterocycles. The normalized spacial score (nSPS) is 14.9. The van der Waals surface area contributed by atoms with Crippen LogP contribution in [0.2, 0.25) is 0 Å². The largest absolute Gasteiger partial charge is 0.464 e. The van der Waals surface area contributed by atoms with Crippen molar-refractivity contribution in [3.05, 3.63) is 35.1 Å². The van der Waals surface area contributed by atoms with Gasteiger partial charge in [0, 0.05) is 23.9 Å². The monoisotopic (exact) mass is 371 g/mol. The average Bonchev–Trinajstić information content (AvgIpc) is 2.93. The maximum atomic E-state index is 12.2. The molecule has 2 N–H and O–H groups in total. The van der Waals surface area contributed by atoms with Gasteiger partial charge in [-0.25, -0.2) is 0 Å². The highest BCUT2D eigenvalue weighted by Crippen LogP contribution is 2.26. The van der Waals surface area contributed by atoms with Crippen molar-refractivity contribution in [3.8, 4) is 0 Å². The standard InChI is InChI=1S/C20H25N3O4/c1-13-7-8-16-15(12-27-20(16)14(13)2)10-17(24)21-22-18(25)11-23-9-5-3-4-6-19(23)26/h7-8,12H,3-6,9-11H2,1-2H3,(H,21,24)(H,22,25). The minimum Gasteiger partial charge on any atom is -0.464 e. The minimum atomic E-state index is -0.401. The number of fused-ring (bicyclic) bond motifs is 1. The Hall–Kier alpha value is -2.83. The Kier molecular flexibility index (Phi) is 5.78. The number of furan rings is 1. The molecule has 2 aromatic rings. The molecule has 1 aromatic carbocycles. The van der Waals surface area contributed by atoms with Gasteiger partial charge in [-0.05, 0) is 37.8 Å². The number of nitrogens with one attached hydrogen (secondary N) is 2. The predicted octanol–water partition coefficient (Wildman–Crippen LogP) is 2.14. The summed E-state index contributed by atoms with van der Waals surface area (Å²) >= 11 is 0. The summed E-state index contributed by atoms with van der Waals surface area (Å²) in [5.41, 5.74) is 8.53. The molecule has 0 unspecified atom stereocenters. The molecule has 7 heteroatoms. The van der Waals surface area contributed by atoms with Gasteiger partial charge in [0.25, 0.3) is 5.91 Å². The smallest absolute Gasteiger partial charge is 0.257 e. The molecule has 0 radical (unpaired) electrons. The molecule has 1 fully saturated rings. The zero-order chi connectivity index (χ0) is 19.4. The predicted molar refractivity (Wildman–Crippen MR) is 101 cm³/mol. The van der Waals surface area contributed by atoms with E-state index in [0.29, 0.717) is 13.0 Å². The molecule has 0 saturated carbocycles. The van der Waals surface area contributed by atoms with E-state index in [1.165, 1.54) is 0 Å². The second-order valence-electron chi connectivity index (χ2n) is 7.04. The van der Waals surface area contributed by atoms with E-state index in [-0.39, 0.29) is 24.8 Å².